The van der Waals surface area contributed by atoms with Gasteiger partial charge in [0.25, 0.3) is 0 Å². The molecule has 2 aromatic rings. The molecule has 1 aliphatic carbocycles. The van der Waals surface area contributed by atoms with E-state index in [0.717, 1.165) is 35.1 Å². The summed E-state index contributed by atoms with van der Waals surface area (Å²) in [4.78, 5) is 18.9. The van der Waals surface area contributed by atoms with Gasteiger partial charge < -0.3 is 15.1 Å². The lowest BCUT2D eigenvalue weighted by molar-refractivity contribution is -0.158. The van der Waals surface area contributed by atoms with E-state index in [0.29, 0.717) is 31.8 Å². The summed E-state index contributed by atoms with van der Waals surface area (Å²) in [7, 11) is 0. The minimum Gasteiger partial charge on any atom is -0.481 e. The van der Waals surface area contributed by atoms with E-state index >= 15 is 0 Å². The van der Waals surface area contributed by atoms with E-state index in [-0.39, 0.29) is 0 Å². The van der Waals surface area contributed by atoms with Crippen molar-refractivity contribution in [2.24, 2.45) is 11.3 Å². The van der Waals surface area contributed by atoms with E-state index in [1.807, 2.05) is 29.2 Å². The van der Waals surface area contributed by atoms with E-state index < -0.39 is 17.5 Å². The molecular weight excluding hydrogens is 316 g/mol. The normalized spacial score (nSPS) is 26.8. The maximum Gasteiger partial charge on any atom is 0.314 e. The topological polar surface area (TPSA) is 73.7 Å². The van der Waals surface area contributed by atoms with Crippen LogP contribution in [0.3, 0.4) is 0 Å². The number of nitrogens with zero attached hydrogens (tertiary/aromatic N) is 2. The maximum absolute atomic E-state index is 12.1. The van der Waals surface area contributed by atoms with Gasteiger partial charge in [0.05, 0.1) is 11.6 Å². The number of aliphatic carboxylic acids is 1. The zero-order chi connectivity index (χ0) is 17.6. The van der Waals surface area contributed by atoms with Gasteiger partial charge in [0.1, 0.15) is 11.2 Å². The number of benzene rings is 1. The summed E-state index contributed by atoms with van der Waals surface area (Å²) >= 11 is 0. The van der Waals surface area contributed by atoms with Gasteiger partial charge in [-0.05, 0) is 43.4 Å². The van der Waals surface area contributed by atoms with Crippen molar-refractivity contribution in [2.45, 2.75) is 38.7 Å². The van der Waals surface area contributed by atoms with Gasteiger partial charge in [0, 0.05) is 18.5 Å². The number of aryl methyl sites for hydroxylation is 1. The van der Waals surface area contributed by atoms with Gasteiger partial charge in [-0.15, -0.1) is 0 Å². The first-order chi connectivity index (χ1) is 12.0. The molecule has 2 heterocycles. The van der Waals surface area contributed by atoms with Crippen LogP contribution in [0, 0.1) is 18.3 Å². The van der Waals surface area contributed by atoms with Crippen LogP contribution in [0.5, 0.6) is 0 Å². The van der Waals surface area contributed by atoms with Crippen LogP contribution in [-0.4, -0.2) is 40.4 Å². The summed E-state index contributed by atoms with van der Waals surface area (Å²) in [5.74, 6) is 0.371. The lowest BCUT2D eigenvalue weighted by Gasteiger charge is -2.44. The van der Waals surface area contributed by atoms with E-state index in [4.69, 9.17) is 4.98 Å². The Hall–Kier alpha value is -2.14. The van der Waals surface area contributed by atoms with Gasteiger partial charge in [-0.2, -0.15) is 0 Å². The van der Waals surface area contributed by atoms with Crippen LogP contribution in [0.1, 0.15) is 31.2 Å². The third kappa shape index (κ3) is 2.86. The van der Waals surface area contributed by atoms with Crippen molar-refractivity contribution in [3.05, 3.63) is 35.9 Å². The third-order valence-corrected chi connectivity index (χ3v) is 5.79. The maximum atomic E-state index is 12.1. The average molecular weight is 340 g/mol. The monoisotopic (exact) mass is 340 g/mol. The van der Waals surface area contributed by atoms with Gasteiger partial charge in [0.2, 0.25) is 0 Å². The van der Waals surface area contributed by atoms with Crippen LogP contribution in [0.2, 0.25) is 0 Å². The van der Waals surface area contributed by atoms with Crippen LogP contribution in [-0.2, 0) is 4.79 Å². The number of anilines is 1. The quantitative estimate of drug-likeness (QED) is 0.895. The minimum absolute atomic E-state index is 0.324. The Balaban J connectivity index is 1.69. The Bertz CT molecular complexity index is 818. The fourth-order valence-corrected chi connectivity index (χ4v) is 4.10. The number of para-hydroxylation sites is 1. The predicted molar refractivity (Wildman–Crippen MR) is 96.7 cm³/mol. The zero-order valence-corrected chi connectivity index (χ0v) is 14.5. The number of piperidine rings is 1. The van der Waals surface area contributed by atoms with Gasteiger partial charge in [-0.1, -0.05) is 31.0 Å². The summed E-state index contributed by atoms with van der Waals surface area (Å²) in [6, 6.07) is 10.0. The van der Waals surface area contributed by atoms with E-state index in [2.05, 4.69) is 13.0 Å². The average Bonchev–Trinajstić information content (AvgIpc) is 3.40. The van der Waals surface area contributed by atoms with Crippen molar-refractivity contribution in [1.29, 1.82) is 0 Å². The molecule has 1 aromatic heterocycles. The Morgan fingerprint density at radius 3 is 2.80 bits per heavy atom. The fraction of sp³-hybridized carbons (Fsp3) is 0.500. The van der Waals surface area contributed by atoms with Gasteiger partial charge in [-0.25, -0.2) is 4.98 Å². The molecule has 5 nitrogen and oxygen atoms in total. The van der Waals surface area contributed by atoms with E-state index in [1.165, 1.54) is 0 Å². The number of aliphatic hydroxyl groups is 1. The Morgan fingerprint density at radius 2 is 2.08 bits per heavy atom. The largest absolute Gasteiger partial charge is 0.481 e. The second-order valence-electron chi connectivity index (χ2n) is 7.65. The van der Waals surface area contributed by atoms with Gasteiger partial charge >= 0.3 is 5.97 Å². The first kappa shape index (κ1) is 16.3. The standard InChI is InChI=1S/C20H24N2O3/c1-13-10-18(21-16-5-3-2-4-15(13)16)22-9-8-17(23)20(12-22,19(24)25)11-14-6-7-14/h2-5,10,14,17,23H,6-9,11-12H2,1H3,(H,24,25)/t17?,20-/m0/s1. The minimum atomic E-state index is -1.08. The first-order valence-corrected chi connectivity index (χ1v) is 9.02. The molecule has 1 saturated carbocycles. The summed E-state index contributed by atoms with van der Waals surface area (Å²) < 4.78 is 0. The molecule has 2 fully saturated rings. The molecule has 4 rings (SSSR count). The Kier molecular flexibility index (Phi) is 3.91. The number of hydrogen-bond donors (Lipinski definition) is 2. The summed E-state index contributed by atoms with van der Waals surface area (Å²) in [5.41, 5.74) is 0.974. The van der Waals surface area contributed by atoms with Crippen molar-refractivity contribution < 1.29 is 15.0 Å². The molecule has 2 N–H and O–H groups in total. The highest BCUT2D eigenvalue weighted by molar-refractivity contribution is 5.84. The Morgan fingerprint density at radius 1 is 1.32 bits per heavy atom. The molecule has 0 spiro atoms. The van der Waals surface area contributed by atoms with Crippen molar-refractivity contribution in [2.75, 3.05) is 18.0 Å². The zero-order valence-electron chi connectivity index (χ0n) is 14.5. The molecule has 1 saturated heterocycles. The summed E-state index contributed by atoms with van der Waals surface area (Å²) in [6.45, 7) is 3.01. The van der Waals surface area contributed by atoms with Gasteiger partial charge in [-0.3, -0.25) is 4.79 Å². The van der Waals surface area contributed by atoms with Crippen LogP contribution >= 0.6 is 0 Å². The second kappa shape index (κ2) is 5.99. The number of fused-ring (bicyclic) bond motifs is 1. The smallest absolute Gasteiger partial charge is 0.314 e. The predicted octanol–water partition coefficient (Wildman–Crippen LogP) is 2.99. The van der Waals surface area contributed by atoms with Crippen LogP contribution in [0.25, 0.3) is 10.9 Å². The second-order valence-corrected chi connectivity index (χ2v) is 7.65. The SMILES string of the molecule is Cc1cc(N2CCC(O)[C@@](CC3CC3)(C(=O)O)C2)nc2ccccc12. The molecular formula is C20H24N2O3. The molecule has 2 aliphatic rings. The molecule has 132 valence electrons. The summed E-state index contributed by atoms with van der Waals surface area (Å²) in [6.07, 6.45) is 2.40. The molecule has 2 atom stereocenters. The van der Waals surface area contributed by atoms with Crippen LogP contribution in [0.4, 0.5) is 5.82 Å². The fourth-order valence-electron chi connectivity index (χ4n) is 4.10. The van der Waals surface area contributed by atoms with E-state index in [9.17, 15) is 15.0 Å². The number of carbonyl (C=O) groups is 1. The molecule has 0 amide bonds. The highest BCUT2D eigenvalue weighted by Crippen LogP contribution is 2.45. The number of aliphatic hydroxyl groups excluding tert-OH is 1. The molecule has 5 heteroatoms. The number of aromatic nitrogens is 1. The number of rotatable bonds is 4. The van der Waals surface area contributed by atoms with Crippen molar-refractivity contribution in [3.8, 4) is 0 Å². The van der Waals surface area contributed by atoms with Crippen LogP contribution in [0.15, 0.2) is 30.3 Å². The van der Waals surface area contributed by atoms with Crippen LogP contribution < -0.4 is 4.90 Å². The first-order valence-electron chi connectivity index (χ1n) is 9.02. The molecule has 0 radical (unpaired) electrons. The van der Waals surface area contributed by atoms with Crippen molar-refractivity contribution in [1.82, 2.24) is 4.98 Å². The van der Waals surface area contributed by atoms with Crippen molar-refractivity contribution >= 4 is 22.7 Å². The van der Waals surface area contributed by atoms with Crippen molar-refractivity contribution in [3.63, 3.8) is 0 Å². The molecule has 25 heavy (non-hydrogen) atoms. The molecule has 1 aromatic carbocycles. The number of carboxylic acids is 1. The highest BCUT2D eigenvalue weighted by Gasteiger charge is 2.52. The third-order valence-electron chi connectivity index (χ3n) is 5.79. The highest BCUT2D eigenvalue weighted by atomic mass is 16.4. The summed E-state index contributed by atoms with van der Waals surface area (Å²) in [5, 5.41) is 21.6. The molecule has 1 unspecified atom stereocenters. The number of pyridine rings is 1. The lowest BCUT2D eigenvalue weighted by atomic mass is 9.73. The lowest BCUT2D eigenvalue weighted by Crippen LogP contribution is -2.56. The van der Waals surface area contributed by atoms with E-state index in [1.54, 1.807) is 0 Å². The molecule has 0 bridgehead atoms. The molecule has 1 aliphatic heterocycles. The Labute approximate surface area is 147 Å². The van der Waals surface area contributed by atoms with Gasteiger partial charge in [0.15, 0.2) is 0 Å². The number of carboxylic acid groups (broad SMARTS) is 1. The number of hydrogen-bond acceptors (Lipinski definition) is 4.